The van der Waals surface area contributed by atoms with Crippen molar-refractivity contribution in [1.29, 1.82) is 0 Å². The Labute approximate surface area is 114 Å². The molecule has 1 aromatic carbocycles. The van der Waals surface area contributed by atoms with Gasteiger partial charge in [-0.15, -0.1) is 0 Å². The summed E-state index contributed by atoms with van der Waals surface area (Å²) in [6, 6.07) is 3.38. The number of nitrogens with two attached hydrogens (primary N) is 1. The zero-order chi connectivity index (χ0) is 14.8. The number of hydrogen-bond acceptors (Lipinski definition) is 3. The summed E-state index contributed by atoms with van der Waals surface area (Å²) < 4.78 is 39.7. The first-order valence-corrected chi connectivity index (χ1v) is 7.59. The van der Waals surface area contributed by atoms with Crippen molar-refractivity contribution in [2.24, 2.45) is 11.3 Å². The molecule has 0 aromatic heterocycles. The van der Waals surface area contributed by atoms with E-state index >= 15 is 0 Å². The Hall–Kier alpha value is -1.14. The predicted molar refractivity (Wildman–Crippen MR) is 74.6 cm³/mol. The highest BCUT2D eigenvalue weighted by Crippen LogP contribution is 2.25. The van der Waals surface area contributed by atoms with Crippen molar-refractivity contribution in [3.8, 4) is 0 Å². The van der Waals surface area contributed by atoms with Crippen LogP contribution in [0.15, 0.2) is 23.1 Å². The van der Waals surface area contributed by atoms with E-state index in [1.807, 2.05) is 27.7 Å². The van der Waals surface area contributed by atoms with Crippen molar-refractivity contribution < 1.29 is 12.8 Å². The van der Waals surface area contributed by atoms with Gasteiger partial charge in [-0.3, -0.25) is 0 Å². The molecule has 19 heavy (non-hydrogen) atoms. The first kappa shape index (κ1) is 15.9. The fourth-order valence-corrected chi connectivity index (χ4v) is 2.52. The summed E-state index contributed by atoms with van der Waals surface area (Å²) in [7, 11) is -3.66. The van der Waals surface area contributed by atoms with E-state index in [4.69, 9.17) is 5.73 Å². The van der Waals surface area contributed by atoms with E-state index in [9.17, 15) is 12.8 Å². The summed E-state index contributed by atoms with van der Waals surface area (Å²) in [6.07, 6.45) is 0. The smallest absolute Gasteiger partial charge is 0.240 e. The Balaban J connectivity index is 2.90. The summed E-state index contributed by atoms with van der Waals surface area (Å²) in [5.41, 5.74) is 5.04. The van der Waals surface area contributed by atoms with E-state index in [0.717, 1.165) is 12.1 Å². The summed E-state index contributed by atoms with van der Waals surface area (Å²) in [5.74, 6) is -0.296. The number of nitrogens with one attached hydrogen (secondary N) is 1. The summed E-state index contributed by atoms with van der Waals surface area (Å²) >= 11 is 0. The highest BCUT2D eigenvalue weighted by atomic mass is 32.2. The van der Waals surface area contributed by atoms with Gasteiger partial charge < -0.3 is 5.73 Å². The van der Waals surface area contributed by atoms with E-state index in [0.29, 0.717) is 12.5 Å². The molecule has 0 aliphatic rings. The van der Waals surface area contributed by atoms with Gasteiger partial charge in [0.15, 0.2) is 0 Å². The van der Waals surface area contributed by atoms with Crippen molar-refractivity contribution in [3.05, 3.63) is 24.0 Å². The molecule has 0 aliphatic heterocycles. The third-order valence-electron chi connectivity index (χ3n) is 3.56. The molecule has 0 amide bonds. The lowest BCUT2D eigenvalue weighted by Gasteiger charge is -2.29. The molecule has 0 heterocycles. The molecular weight excluding hydrogens is 267 g/mol. The molecule has 0 radical (unpaired) electrons. The topological polar surface area (TPSA) is 72.2 Å². The predicted octanol–water partition coefficient (Wildman–Crippen LogP) is 2.37. The van der Waals surface area contributed by atoms with Crippen LogP contribution in [0.25, 0.3) is 0 Å². The van der Waals surface area contributed by atoms with E-state index in [2.05, 4.69) is 4.72 Å². The van der Waals surface area contributed by atoms with Gasteiger partial charge in [0.25, 0.3) is 0 Å². The number of sulfonamides is 1. The summed E-state index contributed by atoms with van der Waals surface area (Å²) in [6.45, 7) is 8.34. The van der Waals surface area contributed by atoms with Crippen LogP contribution in [0.3, 0.4) is 0 Å². The van der Waals surface area contributed by atoms with Crippen molar-refractivity contribution in [2.45, 2.75) is 32.6 Å². The summed E-state index contributed by atoms with van der Waals surface area (Å²) in [4.78, 5) is -0.0223. The molecular formula is C13H21FN2O2S. The fraction of sp³-hybridized carbons (Fsp3) is 0.538. The van der Waals surface area contributed by atoms with Crippen LogP contribution < -0.4 is 10.5 Å². The van der Waals surface area contributed by atoms with E-state index in [1.165, 1.54) is 6.07 Å². The molecule has 4 nitrogen and oxygen atoms in total. The van der Waals surface area contributed by atoms with Crippen LogP contribution in [0.4, 0.5) is 10.1 Å². The van der Waals surface area contributed by atoms with Crippen molar-refractivity contribution in [3.63, 3.8) is 0 Å². The number of nitrogen functional groups attached to an aromatic ring is 1. The Bertz CT molecular complexity index is 554. The maximum absolute atomic E-state index is 13.0. The summed E-state index contributed by atoms with van der Waals surface area (Å²) in [5, 5.41) is 0. The largest absolute Gasteiger partial charge is 0.396 e. The number of hydrogen-bond donors (Lipinski definition) is 2. The molecule has 0 bridgehead atoms. The maximum Gasteiger partial charge on any atom is 0.240 e. The zero-order valence-electron chi connectivity index (χ0n) is 11.7. The molecule has 0 spiro atoms. The molecule has 0 fully saturated rings. The van der Waals surface area contributed by atoms with Gasteiger partial charge in [0.2, 0.25) is 10.0 Å². The average Bonchev–Trinajstić information content (AvgIpc) is 2.30. The zero-order valence-corrected chi connectivity index (χ0v) is 12.5. The molecule has 6 heteroatoms. The second kappa shape index (κ2) is 5.46. The van der Waals surface area contributed by atoms with Crippen LogP contribution in [0.2, 0.25) is 0 Å². The first-order chi connectivity index (χ1) is 8.56. The molecule has 0 unspecified atom stereocenters. The number of anilines is 1. The monoisotopic (exact) mass is 288 g/mol. The Morgan fingerprint density at radius 3 is 2.42 bits per heavy atom. The second-order valence-electron chi connectivity index (χ2n) is 5.65. The Morgan fingerprint density at radius 2 is 1.95 bits per heavy atom. The molecule has 0 aliphatic carbocycles. The van der Waals surface area contributed by atoms with Gasteiger partial charge in [0.05, 0.1) is 10.6 Å². The first-order valence-electron chi connectivity index (χ1n) is 6.11. The van der Waals surface area contributed by atoms with Crippen LogP contribution in [0.1, 0.15) is 27.7 Å². The lowest BCUT2D eigenvalue weighted by atomic mass is 9.81. The lowest BCUT2D eigenvalue weighted by Crippen LogP contribution is -2.37. The quantitative estimate of drug-likeness (QED) is 0.817. The SMILES string of the molecule is CC(C)C(C)(C)CNS(=O)(=O)c1ccc(F)c(N)c1. The molecule has 0 saturated heterocycles. The van der Waals surface area contributed by atoms with Crippen LogP contribution in [-0.2, 0) is 10.0 Å². The van der Waals surface area contributed by atoms with Crippen LogP contribution in [-0.4, -0.2) is 15.0 Å². The molecule has 0 saturated carbocycles. The minimum absolute atomic E-state index is 0.0223. The van der Waals surface area contributed by atoms with Crippen molar-refractivity contribution in [2.75, 3.05) is 12.3 Å². The van der Waals surface area contributed by atoms with E-state index in [-0.39, 0.29) is 16.0 Å². The number of halogens is 1. The fourth-order valence-electron chi connectivity index (χ4n) is 1.26. The lowest BCUT2D eigenvalue weighted by molar-refractivity contribution is 0.252. The van der Waals surface area contributed by atoms with Crippen LogP contribution in [0.5, 0.6) is 0 Å². The average molecular weight is 288 g/mol. The molecule has 0 atom stereocenters. The van der Waals surface area contributed by atoms with Crippen LogP contribution >= 0.6 is 0 Å². The minimum Gasteiger partial charge on any atom is -0.396 e. The molecule has 1 rings (SSSR count). The van der Waals surface area contributed by atoms with Gasteiger partial charge in [0, 0.05) is 6.54 Å². The van der Waals surface area contributed by atoms with Gasteiger partial charge >= 0.3 is 0 Å². The highest BCUT2D eigenvalue weighted by Gasteiger charge is 2.25. The Kier molecular flexibility index (Phi) is 4.58. The van der Waals surface area contributed by atoms with Gasteiger partial charge in [-0.2, -0.15) is 0 Å². The van der Waals surface area contributed by atoms with Gasteiger partial charge in [-0.1, -0.05) is 27.7 Å². The number of benzene rings is 1. The maximum atomic E-state index is 13.0. The third kappa shape index (κ3) is 3.91. The third-order valence-corrected chi connectivity index (χ3v) is 4.96. The van der Waals surface area contributed by atoms with E-state index in [1.54, 1.807) is 0 Å². The van der Waals surface area contributed by atoms with Gasteiger partial charge in [0.1, 0.15) is 5.82 Å². The second-order valence-corrected chi connectivity index (χ2v) is 7.42. The normalized spacial score (nSPS) is 12.9. The molecule has 1 aromatic rings. The van der Waals surface area contributed by atoms with E-state index < -0.39 is 15.8 Å². The van der Waals surface area contributed by atoms with Gasteiger partial charge in [-0.05, 0) is 29.5 Å². The molecule has 108 valence electrons. The van der Waals surface area contributed by atoms with Crippen molar-refractivity contribution in [1.82, 2.24) is 4.72 Å². The number of rotatable bonds is 5. The highest BCUT2D eigenvalue weighted by molar-refractivity contribution is 7.89. The standard InChI is InChI=1S/C13H21FN2O2S/c1-9(2)13(3,4)8-16-19(17,18)10-5-6-11(14)12(15)7-10/h5-7,9,16H,8,15H2,1-4H3. The molecule has 3 N–H and O–H groups in total. The Morgan fingerprint density at radius 1 is 1.37 bits per heavy atom. The van der Waals surface area contributed by atoms with Crippen LogP contribution in [0, 0.1) is 17.2 Å². The minimum atomic E-state index is -3.66. The van der Waals surface area contributed by atoms with Gasteiger partial charge in [-0.25, -0.2) is 17.5 Å². The van der Waals surface area contributed by atoms with Crippen molar-refractivity contribution >= 4 is 15.7 Å².